The Labute approximate surface area is 283 Å². The SMILES string of the molecule is CCn1c(C(=O)C(O)[C@@]2(O)CC[C@H]3[C@@H]4CCC5=CC(=O)CC[C@]5(C)[C@H]4C(=O)C[C@@]32C)c(C(=O)O)c(=O)c2cc(F)c(N3CCNCC3)cc21. The lowest BCUT2D eigenvalue weighted by atomic mass is 9.45. The molecule has 1 saturated heterocycles. The zero-order chi connectivity index (χ0) is 35.2. The van der Waals surface area contributed by atoms with Crippen LogP contribution in [0.2, 0.25) is 0 Å². The summed E-state index contributed by atoms with van der Waals surface area (Å²) in [5.41, 5.74) is -4.94. The summed E-state index contributed by atoms with van der Waals surface area (Å²) in [7, 11) is 0. The molecule has 0 radical (unpaired) electrons. The highest BCUT2D eigenvalue weighted by Gasteiger charge is 2.69. The Balaban J connectivity index is 1.30. The quantitative estimate of drug-likeness (QED) is 0.334. The van der Waals surface area contributed by atoms with Crippen LogP contribution in [0.1, 0.15) is 86.6 Å². The molecule has 11 nitrogen and oxygen atoms in total. The van der Waals surface area contributed by atoms with Gasteiger partial charge in [0.15, 0.2) is 5.78 Å². The molecule has 0 spiro atoms. The molecular weight excluding hydrogens is 633 g/mol. The number of nitrogens with zero attached hydrogens (tertiary/aromatic N) is 2. The maximum absolute atomic E-state index is 15.4. The summed E-state index contributed by atoms with van der Waals surface area (Å²) in [5, 5.41) is 37.6. The van der Waals surface area contributed by atoms with Crippen molar-refractivity contribution in [1.82, 2.24) is 9.88 Å². The molecule has 4 aliphatic carbocycles. The minimum atomic E-state index is -2.14. The van der Waals surface area contributed by atoms with Crippen LogP contribution in [0.4, 0.5) is 10.1 Å². The van der Waals surface area contributed by atoms with Gasteiger partial charge in [0.1, 0.15) is 34.6 Å². The lowest BCUT2D eigenvalue weighted by Crippen LogP contribution is -2.63. The molecule has 49 heavy (non-hydrogen) atoms. The highest BCUT2D eigenvalue weighted by molar-refractivity contribution is 6.09. The number of benzene rings is 1. The van der Waals surface area contributed by atoms with Crippen molar-refractivity contribution >= 4 is 39.9 Å². The number of piperazine rings is 1. The number of allylic oxidation sites excluding steroid dienone is 1. The van der Waals surface area contributed by atoms with Crippen LogP contribution in [-0.4, -0.2) is 81.1 Å². The highest BCUT2D eigenvalue weighted by atomic mass is 19.1. The van der Waals surface area contributed by atoms with Crippen molar-refractivity contribution in [2.24, 2.45) is 28.6 Å². The van der Waals surface area contributed by atoms with Crippen molar-refractivity contribution in [3.63, 3.8) is 0 Å². The van der Waals surface area contributed by atoms with E-state index in [1.165, 1.54) is 10.6 Å². The molecule has 0 bridgehead atoms. The normalized spacial score (nSPS) is 33.5. The van der Waals surface area contributed by atoms with Gasteiger partial charge < -0.3 is 30.1 Å². The number of rotatable bonds is 6. The van der Waals surface area contributed by atoms with E-state index < -0.39 is 56.8 Å². The van der Waals surface area contributed by atoms with E-state index in [0.717, 1.165) is 11.6 Å². The van der Waals surface area contributed by atoms with E-state index in [1.807, 2.05) is 4.90 Å². The largest absolute Gasteiger partial charge is 0.477 e. The van der Waals surface area contributed by atoms with Crippen LogP contribution in [0.5, 0.6) is 0 Å². The number of carboxylic acid groups (broad SMARTS) is 1. The summed E-state index contributed by atoms with van der Waals surface area (Å²) in [6.45, 7) is 7.68. The average Bonchev–Trinajstić information content (AvgIpc) is 3.34. The first-order chi connectivity index (χ1) is 23.2. The van der Waals surface area contributed by atoms with Gasteiger partial charge in [-0.15, -0.1) is 0 Å². The molecule has 12 heteroatoms. The van der Waals surface area contributed by atoms with Crippen molar-refractivity contribution in [2.75, 3.05) is 31.1 Å². The Morgan fingerprint density at radius 1 is 1.08 bits per heavy atom. The van der Waals surface area contributed by atoms with E-state index in [1.54, 1.807) is 19.9 Å². The highest BCUT2D eigenvalue weighted by Crippen LogP contribution is 2.67. The number of anilines is 1. The van der Waals surface area contributed by atoms with Crippen LogP contribution < -0.4 is 15.6 Å². The van der Waals surface area contributed by atoms with Crippen molar-refractivity contribution in [3.8, 4) is 0 Å². The summed E-state index contributed by atoms with van der Waals surface area (Å²) in [6, 6.07) is 2.45. The summed E-state index contributed by atoms with van der Waals surface area (Å²) in [6.07, 6.45) is 2.15. The monoisotopic (exact) mass is 677 g/mol. The van der Waals surface area contributed by atoms with Gasteiger partial charge in [0, 0.05) is 62.3 Å². The second kappa shape index (κ2) is 11.7. The van der Waals surface area contributed by atoms with Crippen LogP contribution in [-0.2, 0) is 16.1 Å². The molecule has 1 unspecified atom stereocenters. The number of carbonyl (C=O) groups excluding carboxylic acids is 3. The number of fused-ring (bicyclic) bond motifs is 6. The van der Waals surface area contributed by atoms with Crippen molar-refractivity contribution in [1.29, 1.82) is 0 Å². The van der Waals surface area contributed by atoms with Crippen LogP contribution in [0.3, 0.4) is 0 Å². The number of nitrogens with one attached hydrogen (secondary N) is 1. The van der Waals surface area contributed by atoms with Gasteiger partial charge in [0.2, 0.25) is 11.2 Å². The second-order valence-corrected chi connectivity index (χ2v) is 15.3. The van der Waals surface area contributed by atoms with E-state index in [-0.39, 0.29) is 65.3 Å². The van der Waals surface area contributed by atoms with E-state index in [4.69, 9.17) is 0 Å². The molecule has 1 aromatic carbocycles. The Bertz CT molecular complexity index is 1900. The minimum Gasteiger partial charge on any atom is -0.477 e. The minimum absolute atomic E-state index is 0.000167. The van der Waals surface area contributed by atoms with Crippen LogP contribution >= 0.6 is 0 Å². The zero-order valence-corrected chi connectivity index (χ0v) is 28.2. The number of pyridine rings is 1. The number of carboxylic acids is 1. The molecule has 2 aromatic rings. The van der Waals surface area contributed by atoms with Crippen LogP contribution in [0.25, 0.3) is 10.9 Å². The van der Waals surface area contributed by atoms with Gasteiger partial charge in [0.05, 0.1) is 11.2 Å². The molecule has 1 aromatic heterocycles. The standard InChI is InChI=1S/C37H44FN3O8/c1-4-41-25-17-26(40-13-11-39-12-14-40)24(38)16-22(25)31(44)28(34(47)48)30(41)32(45)33(46)37(49)10-8-23-21-6-5-19-15-20(42)7-9-35(19,2)29(21)27(43)18-36(23,37)3/h15-17,21,23,29,33,39,46,49H,4-14,18H2,1-3H3,(H,47,48)/t21-,23-,29+,33?,35-,36-,37-/m0/s1. The van der Waals surface area contributed by atoms with Crippen LogP contribution in [0, 0.1) is 34.4 Å². The van der Waals surface area contributed by atoms with Gasteiger partial charge >= 0.3 is 5.97 Å². The smallest absolute Gasteiger partial charge is 0.342 e. The Morgan fingerprint density at radius 2 is 1.80 bits per heavy atom. The number of aryl methyl sites for hydroxylation is 1. The number of aliphatic hydroxyl groups excluding tert-OH is 1. The summed E-state index contributed by atoms with van der Waals surface area (Å²) < 4.78 is 16.8. The predicted molar refractivity (Wildman–Crippen MR) is 178 cm³/mol. The van der Waals surface area contributed by atoms with Gasteiger partial charge in [-0.25, -0.2) is 9.18 Å². The van der Waals surface area contributed by atoms with Crippen molar-refractivity contribution < 1.29 is 38.9 Å². The van der Waals surface area contributed by atoms with E-state index >= 15 is 4.39 Å². The first-order valence-corrected chi connectivity index (χ1v) is 17.5. The maximum atomic E-state index is 15.4. The maximum Gasteiger partial charge on any atom is 0.342 e. The van der Waals surface area contributed by atoms with Crippen molar-refractivity contribution in [3.05, 3.63) is 51.1 Å². The molecule has 0 amide bonds. The number of hydrogen-bond donors (Lipinski definition) is 4. The van der Waals surface area contributed by atoms with Gasteiger partial charge in [-0.2, -0.15) is 0 Å². The Hall–Kier alpha value is -3.74. The fourth-order valence-electron chi connectivity index (χ4n) is 10.6. The third-order valence-electron chi connectivity index (χ3n) is 13.1. The molecule has 3 saturated carbocycles. The molecule has 5 aliphatic rings. The number of aromatic carboxylic acids is 1. The molecule has 262 valence electrons. The molecule has 1 aliphatic heterocycles. The molecule has 7 rings (SSSR count). The lowest BCUT2D eigenvalue weighted by Gasteiger charge is -2.58. The Kier molecular flexibility index (Phi) is 8.03. The van der Waals surface area contributed by atoms with Gasteiger partial charge in [-0.3, -0.25) is 19.2 Å². The number of aliphatic hydroxyl groups is 2. The molecule has 4 N–H and O–H groups in total. The molecule has 7 atom stereocenters. The zero-order valence-electron chi connectivity index (χ0n) is 28.2. The van der Waals surface area contributed by atoms with E-state index in [2.05, 4.69) is 12.2 Å². The molecule has 2 heterocycles. The lowest BCUT2D eigenvalue weighted by molar-refractivity contribution is -0.174. The van der Waals surface area contributed by atoms with E-state index in [9.17, 15) is 39.3 Å². The summed E-state index contributed by atoms with van der Waals surface area (Å²) >= 11 is 0. The first-order valence-electron chi connectivity index (χ1n) is 17.5. The van der Waals surface area contributed by atoms with Gasteiger partial charge in [-0.1, -0.05) is 19.4 Å². The third kappa shape index (κ3) is 4.73. The second-order valence-electron chi connectivity index (χ2n) is 15.3. The number of aromatic nitrogens is 1. The fourth-order valence-corrected chi connectivity index (χ4v) is 10.6. The fraction of sp³-hybridized carbons (Fsp3) is 0.595. The van der Waals surface area contributed by atoms with Crippen molar-refractivity contribution in [2.45, 2.75) is 84.0 Å². The van der Waals surface area contributed by atoms with Gasteiger partial charge in [0.25, 0.3) is 0 Å². The summed E-state index contributed by atoms with van der Waals surface area (Å²) in [4.78, 5) is 69.1. The molecular formula is C37H44FN3O8. The molecule has 4 fully saturated rings. The summed E-state index contributed by atoms with van der Waals surface area (Å²) in [5.74, 6) is -4.22. The average molecular weight is 678 g/mol. The van der Waals surface area contributed by atoms with Gasteiger partial charge in [-0.05, 0) is 74.5 Å². The predicted octanol–water partition coefficient (Wildman–Crippen LogP) is 3.25. The number of halogens is 1. The number of Topliss-reactive ketones (excluding diaryl/α,β-unsaturated/α-hetero) is 2. The van der Waals surface area contributed by atoms with Crippen LogP contribution in [0.15, 0.2) is 28.6 Å². The number of carbonyl (C=O) groups is 4. The third-order valence-corrected chi connectivity index (χ3v) is 13.1. The number of ketones is 3. The van der Waals surface area contributed by atoms with E-state index in [0.29, 0.717) is 58.3 Å². The Morgan fingerprint density at radius 3 is 2.47 bits per heavy atom. The number of hydrogen-bond acceptors (Lipinski definition) is 9. The topological polar surface area (TPSA) is 166 Å². The first kappa shape index (κ1) is 33.7.